The van der Waals surface area contributed by atoms with E-state index in [-0.39, 0.29) is 12.6 Å². The van der Waals surface area contributed by atoms with Gasteiger partial charge in [0.25, 0.3) is 0 Å². The number of carboxylic acid groups (broad SMARTS) is 1. The number of hydrogen-bond acceptors (Lipinski definition) is 4. The average Bonchev–Trinajstić information content (AvgIpc) is 2.42. The number of carboxylic acids is 1. The molecule has 2 aliphatic heterocycles. The van der Waals surface area contributed by atoms with Crippen molar-refractivity contribution in [1.82, 2.24) is 9.80 Å². The summed E-state index contributed by atoms with van der Waals surface area (Å²) in [5.41, 5.74) is 0.681. The van der Waals surface area contributed by atoms with E-state index in [4.69, 9.17) is 14.6 Å². The number of aliphatic carboxylic acids is 1. The van der Waals surface area contributed by atoms with Gasteiger partial charge in [-0.3, -0.25) is 0 Å². The molecule has 2 heterocycles. The summed E-state index contributed by atoms with van der Waals surface area (Å²) in [5.74, 6) is -0.993. The molecule has 2 aliphatic rings. The number of carbonyl (C=O) groups is 2. The maximum Gasteiger partial charge on any atom is 0.329 e. The molecule has 2 amide bonds. The Hall–Kier alpha value is -1.60. The van der Waals surface area contributed by atoms with Gasteiger partial charge >= 0.3 is 12.0 Å². The average molecular weight is 298 g/mol. The second-order valence-corrected chi connectivity index (χ2v) is 5.76. The normalized spacial score (nSPS) is 20.8. The van der Waals surface area contributed by atoms with Gasteiger partial charge in [0, 0.05) is 20.2 Å². The first-order chi connectivity index (χ1) is 9.93. The standard InChI is InChI=1S/C14H22N2O5/c1-14(21-8-12(17)18)9-16(10-14)13(19)15-5-3-11(4-6-15)7-20-2/h3H,4-10H2,1-2H3,(H,17,18). The van der Waals surface area contributed by atoms with Crippen molar-refractivity contribution in [1.29, 1.82) is 0 Å². The van der Waals surface area contributed by atoms with E-state index in [1.54, 1.807) is 16.9 Å². The van der Waals surface area contributed by atoms with Gasteiger partial charge < -0.3 is 24.4 Å². The van der Waals surface area contributed by atoms with Gasteiger partial charge in [-0.2, -0.15) is 0 Å². The van der Waals surface area contributed by atoms with Crippen molar-refractivity contribution in [2.45, 2.75) is 18.9 Å². The van der Waals surface area contributed by atoms with Crippen LogP contribution in [0.1, 0.15) is 13.3 Å². The number of amides is 2. The number of rotatable bonds is 5. The summed E-state index contributed by atoms with van der Waals surface area (Å²) in [4.78, 5) is 26.3. The van der Waals surface area contributed by atoms with Crippen LogP contribution in [0, 0.1) is 0 Å². The molecular formula is C14H22N2O5. The Bertz CT molecular complexity index is 443. The summed E-state index contributed by atoms with van der Waals surface area (Å²) in [6.45, 7) is 4.27. The van der Waals surface area contributed by atoms with E-state index in [0.717, 1.165) is 6.42 Å². The first-order valence-electron chi connectivity index (χ1n) is 7.00. The Morgan fingerprint density at radius 3 is 2.62 bits per heavy atom. The molecule has 0 aromatic carbocycles. The van der Waals surface area contributed by atoms with Gasteiger partial charge in [0.15, 0.2) is 0 Å². The van der Waals surface area contributed by atoms with Crippen molar-refractivity contribution in [3.63, 3.8) is 0 Å². The Labute approximate surface area is 124 Å². The second kappa shape index (κ2) is 6.44. The fourth-order valence-electron chi connectivity index (χ4n) is 2.63. The van der Waals surface area contributed by atoms with Gasteiger partial charge in [0.2, 0.25) is 0 Å². The third-order valence-corrected chi connectivity index (χ3v) is 3.77. The third-order valence-electron chi connectivity index (χ3n) is 3.77. The summed E-state index contributed by atoms with van der Waals surface area (Å²) < 4.78 is 10.4. The molecule has 0 aliphatic carbocycles. The molecule has 0 aromatic heterocycles. The Balaban J connectivity index is 1.78. The van der Waals surface area contributed by atoms with Crippen LogP contribution in [0.15, 0.2) is 11.6 Å². The Kier molecular flexibility index (Phi) is 4.84. The van der Waals surface area contributed by atoms with Crippen molar-refractivity contribution < 1.29 is 24.2 Å². The lowest BCUT2D eigenvalue weighted by Crippen LogP contribution is -2.65. The quantitative estimate of drug-likeness (QED) is 0.750. The van der Waals surface area contributed by atoms with E-state index in [2.05, 4.69) is 0 Å². The molecule has 21 heavy (non-hydrogen) atoms. The van der Waals surface area contributed by atoms with Crippen LogP contribution in [0.3, 0.4) is 0 Å². The molecule has 0 saturated carbocycles. The predicted octanol–water partition coefficient (Wildman–Crippen LogP) is 0.560. The highest BCUT2D eigenvalue weighted by Crippen LogP contribution is 2.26. The van der Waals surface area contributed by atoms with Crippen LogP contribution in [-0.4, -0.2) is 79.0 Å². The number of nitrogens with zero attached hydrogens (tertiary/aromatic N) is 2. The molecule has 0 spiro atoms. The first kappa shape index (κ1) is 15.8. The molecule has 0 bridgehead atoms. The second-order valence-electron chi connectivity index (χ2n) is 5.76. The van der Waals surface area contributed by atoms with Crippen LogP contribution < -0.4 is 0 Å². The van der Waals surface area contributed by atoms with Gasteiger partial charge in [-0.05, 0) is 18.9 Å². The fourth-order valence-corrected chi connectivity index (χ4v) is 2.63. The summed E-state index contributed by atoms with van der Waals surface area (Å²) in [5, 5.41) is 8.61. The van der Waals surface area contributed by atoms with Crippen LogP contribution >= 0.6 is 0 Å². The number of carbonyl (C=O) groups excluding carboxylic acids is 1. The predicted molar refractivity (Wildman–Crippen MR) is 75.1 cm³/mol. The van der Waals surface area contributed by atoms with Crippen molar-refractivity contribution in [2.24, 2.45) is 0 Å². The van der Waals surface area contributed by atoms with E-state index in [9.17, 15) is 9.59 Å². The van der Waals surface area contributed by atoms with E-state index >= 15 is 0 Å². The van der Waals surface area contributed by atoms with Crippen LogP contribution in [0.2, 0.25) is 0 Å². The number of hydrogen-bond donors (Lipinski definition) is 1. The molecule has 1 fully saturated rings. The maximum absolute atomic E-state index is 12.3. The van der Waals surface area contributed by atoms with Crippen molar-refractivity contribution >= 4 is 12.0 Å². The fraction of sp³-hybridized carbons (Fsp3) is 0.714. The molecule has 0 unspecified atom stereocenters. The van der Waals surface area contributed by atoms with Crippen molar-refractivity contribution in [3.05, 3.63) is 11.6 Å². The molecular weight excluding hydrogens is 276 g/mol. The van der Waals surface area contributed by atoms with Crippen LogP contribution in [0.4, 0.5) is 4.79 Å². The zero-order valence-electron chi connectivity index (χ0n) is 12.5. The molecule has 2 rings (SSSR count). The maximum atomic E-state index is 12.3. The molecule has 0 aromatic rings. The highest BCUT2D eigenvalue weighted by atomic mass is 16.5. The Morgan fingerprint density at radius 1 is 1.38 bits per heavy atom. The number of likely N-dealkylation sites (tertiary alicyclic amines) is 1. The van der Waals surface area contributed by atoms with Crippen molar-refractivity contribution in [2.75, 3.05) is 46.5 Å². The lowest BCUT2D eigenvalue weighted by Gasteiger charge is -2.48. The number of urea groups is 1. The highest BCUT2D eigenvalue weighted by molar-refractivity contribution is 5.76. The lowest BCUT2D eigenvalue weighted by molar-refractivity contribution is -0.160. The summed E-state index contributed by atoms with van der Waals surface area (Å²) >= 11 is 0. The summed E-state index contributed by atoms with van der Waals surface area (Å²) in [7, 11) is 1.66. The topological polar surface area (TPSA) is 79.3 Å². The highest BCUT2D eigenvalue weighted by Gasteiger charge is 2.44. The van der Waals surface area contributed by atoms with Gasteiger partial charge in [0.05, 0.1) is 19.7 Å². The van der Waals surface area contributed by atoms with Gasteiger partial charge in [-0.25, -0.2) is 9.59 Å². The SMILES string of the molecule is COCC1=CCN(C(=O)N2CC(C)(OCC(=O)O)C2)CC1. The molecule has 7 nitrogen and oxygen atoms in total. The minimum atomic E-state index is -0.993. The van der Waals surface area contributed by atoms with E-state index in [0.29, 0.717) is 32.8 Å². The zero-order valence-corrected chi connectivity index (χ0v) is 12.5. The van der Waals surface area contributed by atoms with Crippen LogP contribution in [-0.2, 0) is 14.3 Å². The molecule has 118 valence electrons. The van der Waals surface area contributed by atoms with Gasteiger partial charge in [-0.15, -0.1) is 0 Å². The van der Waals surface area contributed by atoms with Crippen LogP contribution in [0.25, 0.3) is 0 Å². The lowest BCUT2D eigenvalue weighted by atomic mass is 9.96. The molecule has 1 N–H and O–H groups in total. The molecule has 0 radical (unpaired) electrons. The van der Waals surface area contributed by atoms with Crippen molar-refractivity contribution in [3.8, 4) is 0 Å². The monoisotopic (exact) mass is 298 g/mol. The summed E-state index contributed by atoms with van der Waals surface area (Å²) in [6.07, 6.45) is 2.87. The van der Waals surface area contributed by atoms with E-state index in [1.165, 1.54) is 5.57 Å². The largest absolute Gasteiger partial charge is 0.480 e. The first-order valence-corrected chi connectivity index (χ1v) is 7.00. The molecule has 1 saturated heterocycles. The smallest absolute Gasteiger partial charge is 0.329 e. The third kappa shape index (κ3) is 3.95. The minimum absolute atomic E-state index is 0.0147. The summed E-state index contributed by atoms with van der Waals surface area (Å²) in [6, 6.07) is -0.0147. The van der Waals surface area contributed by atoms with Gasteiger partial charge in [0.1, 0.15) is 12.2 Å². The Morgan fingerprint density at radius 2 is 2.10 bits per heavy atom. The van der Waals surface area contributed by atoms with Gasteiger partial charge in [-0.1, -0.05) is 6.08 Å². The zero-order chi connectivity index (χ0) is 15.5. The number of methoxy groups -OCH3 is 1. The van der Waals surface area contributed by atoms with Crippen LogP contribution in [0.5, 0.6) is 0 Å². The molecule has 7 heteroatoms. The van der Waals surface area contributed by atoms with E-state index < -0.39 is 11.6 Å². The number of ether oxygens (including phenoxy) is 2. The van der Waals surface area contributed by atoms with E-state index in [1.807, 2.05) is 13.0 Å². The minimum Gasteiger partial charge on any atom is -0.480 e. The molecule has 0 atom stereocenters.